The van der Waals surface area contributed by atoms with E-state index in [4.69, 9.17) is 0 Å². The minimum atomic E-state index is 0.957. The zero-order valence-electron chi connectivity index (χ0n) is 12.4. The van der Waals surface area contributed by atoms with Gasteiger partial charge in [0.1, 0.15) is 0 Å². The Morgan fingerprint density at radius 2 is 1.89 bits per heavy atom. The summed E-state index contributed by atoms with van der Waals surface area (Å²) in [6, 6.07) is 6.10. The highest BCUT2D eigenvalue weighted by molar-refractivity contribution is 5.75. The van der Waals surface area contributed by atoms with Crippen molar-refractivity contribution < 1.29 is 0 Å². The van der Waals surface area contributed by atoms with Crippen molar-refractivity contribution in [2.45, 2.75) is 34.1 Å². The fraction of sp³-hybridized carbons (Fsp3) is 0.278. The first-order valence-corrected chi connectivity index (χ1v) is 6.72. The maximum atomic E-state index is 4.69. The molecule has 0 unspecified atom stereocenters. The van der Waals surface area contributed by atoms with Gasteiger partial charge in [0.25, 0.3) is 0 Å². The van der Waals surface area contributed by atoms with Crippen molar-refractivity contribution in [3.63, 3.8) is 0 Å². The van der Waals surface area contributed by atoms with E-state index in [9.17, 15) is 0 Å². The van der Waals surface area contributed by atoms with Gasteiger partial charge in [-0.2, -0.15) is 0 Å². The first-order valence-electron chi connectivity index (χ1n) is 6.72. The molecule has 19 heavy (non-hydrogen) atoms. The molecule has 0 aliphatic heterocycles. The number of hydrogen-bond donors (Lipinski definition) is 0. The third-order valence-corrected chi connectivity index (χ3v) is 3.02. The summed E-state index contributed by atoms with van der Waals surface area (Å²) < 4.78 is 0. The Morgan fingerprint density at radius 3 is 2.47 bits per heavy atom. The molecule has 1 aromatic rings. The van der Waals surface area contributed by atoms with E-state index in [1.54, 1.807) is 0 Å². The Kier molecular flexibility index (Phi) is 6.01. The molecule has 0 saturated carbocycles. The Bertz CT molecular complexity index is 530. The van der Waals surface area contributed by atoms with E-state index in [1.807, 2.05) is 38.1 Å². The minimum Gasteiger partial charge on any atom is -0.248 e. The Labute approximate surface area is 117 Å². The molecule has 0 aliphatic carbocycles. The summed E-state index contributed by atoms with van der Waals surface area (Å²) >= 11 is 0. The summed E-state index contributed by atoms with van der Waals surface area (Å²) in [5.74, 6) is 0. The van der Waals surface area contributed by atoms with Gasteiger partial charge in [-0.1, -0.05) is 49.4 Å². The average molecular weight is 253 g/mol. The molecule has 1 rings (SSSR count). The smallest absolute Gasteiger partial charge is 0.0708 e. The van der Waals surface area contributed by atoms with Crippen LogP contribution < -0.4 is 0 Å². The second-order valence-electron chi connectivity index (χ2n) is 4.62. The third-order valence-electron chi connectivity index (χ3n) is 3.02. The van der Waals surface area contributed by atoms with Crippen molar-refractivity contribution in [3.8, 4) is 0 Å². The number of hydrogen-bond acceptors (Lipinski definition) is 1. The molecule has 0 saturated heterocycles. The van der Waals surface area contributed by atoms with Crippen LogP contribution in [-0.2, 0) is 0 Å². The Balaban J connectivity index is 3.26. The van der Waals surface area contributed by atoms with E-state index in [0.29, 0.717) is 0 Å². The highest BCUT2D eigenvalue weighted by atomic mass is 14.7. The fourth-order valence-electron chi connectivity index (χ4n) is 1.72. The first kappa shape index (κ1) is 15.2. The molecule has 1 aromatic heterocycles. The van der Waals surface area contributed by atoms with Gasteiger partial charge in [-0.25, -0.2) is 4.98 Å². The summed E-state index contributed by atoms with van der Waals surface area (Å²) in [4.78, 5) is 4.69. The third kappa shape index (κ3) is 4.36. The van der Waals surface area contributed by atoms with Crippen molar-refractivity contribution in [1.29, 1.82) is 0 Å². The van der Waals surface area contributed by atoms with Crippen LogP contribution in [0.1, 0.15) is 45.5 Å². The van der Waals surface area contributed by atoms with E-state index in [2.05, 4.69) is 43.6 Å². The molecular weight excluding hydrogens is 230 g/mol. The molecule has 0 radical (unpaired) electrons. The van der Waals surface area contributed by atoms with Crippen molar-refractivity contribution in [3.05, 3.63) is 66.0 Å². The molecule has 100 valence electrons. The van der Waals surface area contributed by atoms with E-state index >= 15 is 0 Å². The van der Waals surface area contributed by atoms with E-state index in [-0.39, 0.29) is 0 Å². The molecule has 1 heterocycles. The monoisotopic (exact) mass is 253 g/mol. The number of rotatable bonds is 5. The van der Waals surface area contributed by atoms with E-state index in [1.165, 1.54) is 11.1 Å². The van der Waals surface area contributed by atoms with Crippen LogP contribution in [0.3, 0.4) is 0 Å². The van der Waals surface area contributed by atoms with Gasteiger partial charge in [-0.15, -0.1) is 0 Å². The number of nitrogens with zero attached hydrogens (tertiary/aromatic N) is 1. The van der Waals surface area contributed by atoms with Crippen LogP contribution in [0.25, 0.3) is 11.1 Å². The van der Waals surface area contributed by atoms with Gasteiger partial charge in [0.2, 0.25) is 0 Å². The summed E-state index contributed by atoms with van der Waals surface area (Å²) in [5, 5.41) is 0. The van der Waals surface area contributed by atoms with Crippen molar-refractivity contribution in [2.75, 3.05) is 0 Å². The maximum Gasteiger partial charge on any atom is 0.0708 e. The van der Waals surface area contributed by atoms with Crippen LogP contribution in [0.4, 0.5) is 0 Å². The molecule has 1 nitrogen and oxygen atoms in total. The van der Waals surface area contributed by atoms with Gasteiger partial charge in [0.15, 0.2) is 0 Å². The summed E-state index contributed by atoms with van der Waals surface area (Å²) in [7, 11) is 0. The normalized spacial score (nSPS) is 13.1. The number of pyridine rings is 1. The Morgan fingerprint density at radius 1 is 1.21 bits per heavy atom. The lowest BCUT2D eigenvalue weighted by Crippen LogP contribution is -1.94. The predicted octanol–water partition coefficient (Wildman–Crippen LogP) is 5.43. The molecule has 0 fully saturated rings. The van der Waals surface area contributed by atoms with Crippen LogP contribution in [0.5, 0.6) is 0 Å². The summed E-state index contributed by atoms with van der Waals surface area (Å²) in [5.41, 5.74) is 5.50. The maximum absolute atomic E-state index is 4.69. The van der Waals surface area contributed by atoms with Crippen LogP contribution in [0.15, 0.2) is 54.7 Å². The minimum absolute atomic E-state index is 0.957. The largest absolute Gasteiger partial charge is 0.248 e. The molecule has 0 atom stereocenters. The molecular formula is C18H23N. The van der Waals surface area contributed by atoms with Crippen molar-refractivity contribution in [1.82, 2.24) is 4.98 Å². The standard InChI is InChI=1S/C18H23N/c1-6-8-9-11-16(15(5)7-2)18-13-10-12-17(19-18)14(3)4/h6,8-13H,3,7H2,1-2,4-5H3/b8-6-,11-9-,16-15?. The zero-order valence-corrected chi connectivity index (χ0v) is 12.4. The number of aromatic nitrogens is 1. The van der Waals surface area contributed by atoms with Gasteiger partial charge in [0.05, 0.1) is 11.4 Å². The molecule has 0 aliphatic rings. The van der Waals surface area contributed by atoms with Crippen LogP contribution >= 0.6 is 0 Å². The quantitative estimate of drug-likeness (QED) is 0.637. The van der Waals surface area contributed by atoms with Gasteiger partial charge >= 0.3 is 0 Å². The SMILES string of the molecule is C=C(C)c1cccc(C(/C=C\C=C/C)=C(C)CC)n1. The summed E-state index contributed by atoms with van der Waals surface area (Å²) in [6.45, 7) is 12.3. The number of allylic oxidation sites excluding steroid dienone is 7. The molecule has 0 spiro atoms. The topological polar surface area (TPSA) is 12.9 Å². The van der Waals surface area contributed by atoms with Gasteiger partial charge in [0, 0.05) is 0 Å². The van der Waals surface area contributed by atoms with Crippen molar-refractivity contribution in [2.24, 2.45) is 0 Å². The lowest BCUT2D eigenvalue weighted by molar-refractivity contribution is 1.09. The van der Waals surface area contributed by atoms with Gasteiger partial charge in [-0.3, -0.25) is 0 Å². The second kappa shape index (κ2) is 7.52. The molecule has 1 heteroatoms. The van der Waals surface area contributed by atoms with E-state index < -0.39 is 0 Å². The lowest BCUT2D eigenvalue weighted by Gasteiger charge is -2.08. The Hall–Kier alpha value is -1.89. The molecule has 0 amide bonds. The lowest BCUT2D eigenvalue weighted by atomic mass is 10.0. The van der Waals surface area contributed by atoms with Gasteiger partial charge < -0.3 is 0 Å². The summed E-state index contributed by atoms with van der Waals surface area (Å²) in [6.07, 6.45) is 9.26. The first-order chi connectivity index (χ1) is 9.10. The van der Waals surface area contributed by atoms with Crippen LogP contribution in [0, 0.1) is 0 Å². The average Bonchev–Trinajstić information content (AvgIpc) is 2.43. The zero-order chi connectivity index (χ0) is 14.3. The second-order valence-corrected chi connectivity index (χ2v) is 4.62. The van der Waals surface area contributed by atoms with Gasteiger partial charge in [-0.05, 0) is 50.5 Å². The van der Waals surface area contributed by atoms with Crippen LogP contribution in [0.2, 0.25) is 0 Å². The molecule has 0 aromatic carbocycles. The predicted molar refractivity (Wildman–Crippen MR) is 85.8 cm³/mol. The van der Waals surface area contributed by atoms with E-state index in [0.717, 1.165) is 23.4 Å². The highest BCUT2D eigenvalue weighted by Gasteiger charge is 2.05. The molecule has 0 N–H and O–H groups in total. The van der Waals surface area contributed by atoms with Crippen molar-refractivity contribution >= 4 is 11.1 Å². The molecule has 0 bridgehead atoms. The van der Waals surface area contributed by atoms with Crippen LogP contribution in [-0.4, -0.2) is 4.98 Å². The highest BCUT2D eigenvalue weighted by Crippen LogP contribution is 2.22. The fourth-order valence-corrected chi connectivity index (χ4v) is 1.72.